The number of likely N-dealkylation sites (tertiary alicyclic amines) is 1. The largest absolute Gasteiger partial charge is 0.357 e. The zero-order valence-electron chi connectivity index (χ0n) is 17.9. The summed E-state index contributed by atoms with van der Waals surface area (Å²) < 4.78 is 0. The van der Waals surface area contributed by atoms with Crippen LogP contribution in [0.4, 0.5) is 4.79 Å². The summed E-state index contributed by atoms with van der Waals surface area (Å²) in [6.07, 6.45) is 1.66. The Bertz CT molecular complexity index is 769. The van der Waals surface area contributed by atoms with E-state index in [4.69, 9.17) is 4.99 Å². The van der Waals surface area contributed by atoms with E-state index in [1.165, 1.54) is 5.56 Å². The van der Waals surface area contributed by atoms with Crippen LogP contribution in [0.3, 0.4) is 0 Å². The number of nitrogens with zero attached hydrogens (tertiary/aromatic N) is 2. The first-order valence-electron chi connectivity index (χ1n) is 10.5. The Morgan fingerprint density at radius 2 is 1.90 bits per heavy atom. The van der Waals surface area contributed by atoms with Gasteiger partial charge in [-0.3, -0.25) is 15.1 Å². The van der Waals surface area contributed by atoms with Crippen LogP contribution in [0.2, 0.25) is 0 Å². The molecule has 1 aromatic rings. The molecule has 3 rings (SSSR count). The van der Waals surface area contributed by atoms with E-state index in [0.717, 1.165) is 38.4 Å². The molecule has 2 aliphatic heterocycles. The molecule has 2 aliphatic rings. The number of nitrogens with one attached hydrogen (secondary N) is 3. The number of hydrogen-bond donors (Lipinski definition) is 3. The van der Waals surface area contributed by atoms with Gasteiger partial charge in [-0.25, -0.2) is 4.79 Å². The molecule has 2 fully saturated rings. The van der Waals surface area contributed by atoms with Crippen molar-refractivity contribution in [3.8, 4) is 0 Å². The van der Waals surface area contributed by atoms with Crippen molar-refractivity contribution >= 4 is 17.9 Å². The number of guanidine groups is 1. The molecule has 0 aliphatic carbocycles. The van der Waals surface area contributed by atoms with Crippen LogP contribution in [0.25, 0.3) is 0 Å². The van der Waals surface area contributed by atoms with Gasteiger partial charge in [-0.05, 0) is 38.2 Å². The molecule has 1 atom stereocenters. The standard InChI is InChI=1S/C22H33N5O2/c1-5-23-19(24-15-21(2,3)16-9-7-6-8-10-16)27-13-11-17(12-14-27)22(4)18(28)25-20(29)26-22/h6-10,17H,5,11-15H2,1-4H3,(H,23,24)(H2,25,26,28,29). The number of piperidine rings is 1. The lowest BCUT2D eigenvalue weighted by Crippen LogP contribution is -2.55. The number of rotatable bonds is 5. The summed E-state index contributed by atoms with van der Waals surface area (Å²) in [5.74, 6) is 0.819. The van der Waals surface area contributed by atoms with Crippen molar-refractivity contribution < 1.29 is 9.59 Å². The SMILES string of the molecule is CCNC(=NCC(C)(C)c1ccccc1)N1CCC(C2(C)NC(=O)NC2=O)CC1. The predicted octanol–water partition coefficient (Wildman–Crippen LogP) is 2.24. The van der Waals surface area contributed by atoms with Crippen molar-refractivity contribution in [1.82, 2.24) is 20.9 Å². The van der Waals surface area contributed by atoms with E-state index in [9.17, 15) is 9.59 Å². The third-order valence-corrected chi connectivity index (χ3v) is 6.20. The number of urea groups is 1. The minimum atomic E-state index is -0.812. The second-order valence-electron chi connectivity index (χ2n) is 8.79. The van der Waals surface area contributed by atoms with Crippen molar-refractivity contribution in [3.05, 3.63) is 35.9 Å². The minimum Gasteiger partial charge on any atom is -0.357 e. The maximum absolute atomic E-state index is 12.2. The van der Waals surface area contributed by atoms with Gasteiger partial charge in [0.05, 0.1) is 6.54 Å². The minimum absolute atomic E-state index is 0.0556. The van der Waals surface area contributed by atoms with Crippen molar-refractivity contribution in [2.45, 2.75) is 51.5 Å². The molecule has 0 radical (unpaired) electrons. The summed E-state index contributed by atoms with van der Waals surface area (Å²) in [5.41, 5.74) is 0.405. The Balaban J connectivity index is 1.66. The lowest BCUT2D eigenvalue weighted by Gasteiger charge is -2.40. The Morgan fingerprint density at radius 3 is 2.45 bits per heavy atom. The molecule has 0 aromatic heterocycles. The third kappa shape index (κ3) is 4.54. The van der Waals surface area contributed by atoms with Crippen LogP contribution in [0.15, 0.2) is 35.3 Å². The van der Waals surface area contributed by atoms with Gasteiger partial charge in [-0.2, -0.15) is 0 Å². The van der Waals surface area contributed by atoms with Crippen LogP contribution in [0, 0.1) is 5.92 Å². The number of hydrogen-bond acceptors (Lipinski definition) is 3. The van der Waals surface area contributed by atoms with Crippen LogP contribution >= 0.6 is 0 Å². The Kier molecular flexibility index (Phi) is 6.15. The fourth-order valence-corrected chi connectivity index (χ4v) is 4.19. The van der Waals surface area contributed by atoms with Crippen LogP contribution in [0.5, 0.6) is 0 Å². The molecular formula is C22H33N5O2. The first kappa shape index (κ1) is 21.1. The molecule has 7 nitrogen and oxygen atoms in total. The summed E-state index contributed by atoms with van der Waals surface area (Å²) in [5, 5.41) is 8.60. The van der Waals surface area contributed by atoms with Crippen LogP contribution in [0.1, 0.15) is 46.1 Å². The molecule has 158 valence electrons. The first-order chi connectivity index (χ1) is 13.8. The molecule has 3 N–H and O–H groups in total. The fourth-order valence-electron chi connectivity index (χ4n) is 4.19. The number of benzene rings is 1. The number of amides is 3. The molecule has 0 bridgehead atoms. The van der Waals surface area contributed by atoms with E-state index in [2.05, 4.69) is 65.9 Å². The quantitative estimate of drug-likeness (QED) is 0.403. The second-order valence-corrected chi connectivity index (χ2v) is 8.79. The maximum Gasteiger partial charge on any atom is 0.322 e. The van der Waals surface area contributed by atoms with Crippen LogP contribution in [-0.4, -0.2) is 54.5 Å². The monoisotopic (exact) mass is 399 g/mol. The molecule has 0 spiro atoms. The highest BCUT2D eigenvalue weighted by atomic mass is 16.2. The highest BCUT2D eigenvalue weighted by Crippen LogP contribution is 2.31. The third-order valence-electron chi connectivity index (χ3n) is 6.20. The van der Waals surface area contributed by atoms with Gasteiger partial charge in [0.15, 0.2) is 5.96 Å². The molecule has 0 saturated carbocycles. The topological polar surface area (TPSA) is 85.8 Å². The zero-order chi connectivity index (χ0) is 21.1. The van der Waals surface area contributed by atoms with Gasteiger partial charge >= 0.3 is 6.03 Å². The molecule has 3 amide bonds. The second kappa shape index (κ2) is 8.43. The number of carbonyl (C=O) groups excluding carboxylic acids is 2. The highest BCUT2D eigenvalue weighted by Gasteiger charge is 2.48. The van der Waals surface area contributed by atoms with Gasteiger partial charge in [0.2, 0.25) is 0 Å². The number of aliphatic imine (C=N–C) groups is 1. The Hall–Kier alpha value is -2.57. The molecular weight excluding hydrogens is 366 g/mol. The molecule has 2 saturated heterocycles. The van der Waals surface area contributed by atoms with Crippen molar-refractivity contribution in [2.75, 3.05) is 26.2 Å². The summed E-state index contributed by atoms with van der Waals surface area (Å²) in [6, 6.07) is 10.1. The van der Waals surface area contributed by atoms with E-state index in [-0.39, 0.29) is 17.2 Å². The normalized spacial score (nSPS) is 23.7. The average molecular weight is 400 g/mol. The van der Waals surface area contributed by atoms with E-state index < -0.39 is 11.6 Å². The fraction of sp³-hybridized carbons (Fsp3) is 0.591. The van der Waals surface area contributed by atoms with E-state index in [1.54, 1.807) is 0 Å². The Labute approximate surface area is 173 Å². The smallest absolute Gasteiger partial charge is 0.322 e. The van der Waals surface area contributed by atoms with Gasteiger partial charge in [-0.15, -0.1) is 0 Å². The lowest BCUT2D eigenvalue weighted by atomic mass is 9.79. The van der Waals surface area contributed by atoms with Gasteiger partial charge in [0.25, 0.3) is 5.91 Å². The van der Waals surface area contributed by atoms with Crippen molar-refractivity contribution in [1.29, 1.82) is 0 Å². The first-order valence-corrected chi connectivity index (χ1v) is 10.5. The molecule has 1 unspecified atom stereocenters. The van der Waals surface area contributed by atoms with E-state index in [0.29, 0.717) is 6.54 Å². The molecule has 7 heteroatoms. The Morgan fingerprint density at radius 1 is 1.24 bits per heavy atom. The zero-order valence-corrected chi connectivity index (χ0v) is 17.9. The molecule has 29 heavy (non-hydrogen) atoms. The summed E-state index contributed by atoms with van der Waals surface area (Å²) >= 11 is 0. The van der Waals surface area contributed by atoms with E-state index >= 15 is 0 Å². The number of imide groups is 1. The highest BCUT2D eigenvalue weighted by molar-refractivity contribution is 6.07. The van der Waals surface area contributed by atoms with Crippen LogP contribution in [-0.2, 0) is 10.2 Å². The summed E-state index contributed by atoms with van der Waals surface area (Å²) in [4.78, 5) is 31.0. The van der Waals surface area contributed by atoms with Crippen molar-refractivity contribution in [3.63, 3.8) is 0 Å². The van der Waals surface area contributed by atoms with Gasteiger partial charge < -0.3 is 15.5 Å². The summed E-state index contributed by atoms with van der Waals surface area (Å²) in [6.45, 7) is 11.4. The average Bonchev–Trinajstić information content (AvgIpc) is 2.98. The van der Waals surface area contributed by atoms with Gasteiger partial charge in [0.1, 0.15) is 5.54 Å². The lowest BCUT2D eigenvalue weighted by molar-refractivity contribution is -0.125. The predicted molar refractivity (Wildman–Crippen MR) is 115 cm³/mol. The number of carbonyl (C=O) groups is 2. The van der Waals surface area contributed by atoms with Crippen molar-refractivity contribution in [2.24, 2.45) is 10.9 Å². The molecule has 1 aromatic carbocycles. The van der Waals surface area contributed by atoms with E-state index in [1.807, 2.05) is 13.0 Å². The van der Waals surface area contributed by atoms with Gasteiger partial charge in [0, 0.05) is 25.0 Å². The molecule has 2 heterocycles. The maximum atomic E-state index is 12.2. The van der Waals surface area contributed by atoms with Gasteiger partial charge in [-0.1, -0.05) is 44.2 Å². The van der Waals surface area contributed by atoms with Crippen LogP contribution < -0.4 is 16.0 Å². The summed E-state index contributed by atoms with van der Waals surface area (Å²) in [7, 11) is 0.